The summed E-state index contributed by atoms with van der Waals surface area (Å²) in [7, 11) is 0. The molecule has 0 saturated heterocycles. The minimum Gasteiger partial charge on any atom is -0.486 e. The molecule has 0 aliphatic heterocycles. The van der Waals surface area contributed by atoms with E-state index < -0.39 is 17.7 Å². The smallest absolute Gasteiger partial charge is 0.416 e. The molecule has 1 N–H and O–H groups in total. The molecule has 0 unspecified atom stereocenters. The number of rotatable bonds is 4. The van der Waals surface area contributed by atoms with Crippen LogP contribution in [0.15, 0.2) is 41.0 Å². The van der Waals surface area contributed by atoms with Crippen molar-refractivity contribution in [2.75, 3.05) is 0 Å². The summed E-state index contributed by atoms with van der Waals surface area (Å²) in [5, 5.41) is 8.84. The van der Waals surface area contributed by atoms with Gasteiger partial charge in [0, 0.05) is 0 Å². The Hall–Kier alpha value is -2.44. The standard InChI is InChI=1S/C13H9F3O4/c14-13(15,16)8-2-1-3-9(6-8)20-7-11-10(12(17)18)4-5-19-11/h1-6H,7H2,(H,17,18). The van der Waals surface area contributed by atoms with E-state index in [0.29, 0.717) is 0 Å². The van der Waals surface area contributed by atoms with Gasteiger partial charge in [0.25, 0.3) is 0 Å². The summed E-state index contributed by atoms with van der Waals surface area (Å²) < 4.78 is 47.5. The van der Waals surface area contributed by atoms with E-state index in [1.54, 1.807) is 0 Å². The first-order valence-corrected chi connectivity index (χ1v) is 5.47. The topological polar surface area (TPSA) is 59.7 Å². The summed E-state index contributed by atoms with van der Waals surface area (Å²) in [5.41, 5.74) is -0.926. The molecule has 0 amide bonds. The number of ether oxygens (including phenoxy) is 1. The van der Waals surface area contributed by atoms with Crippen LogP contribution < -0.4 is 4.74 Å². The molecule has 1 aromatic carbocycles. The van der Waals surface area contributed by atoms with Crippen LogP contribution in [0.4, 0.5) is 13.2 Å². The van der Waals surface area contributed by atoms with Gasteiger partial charge in [-0.15, -0.1) is 0 Å². The minimum absolute atomic E-state index is 0.0208. The highest BCUT2D eigenvalue weighted by atomic mass is 19.4. The van der Waals surface area contributed by atoms with E-state index in [0.717, 1.165) is 12.1 Å². The van der Waals surface area contributed by atoms with Gasteiger partial charge in [-0.3, -0.25) is 0 Å². The maximum Gasteiger partial charge on any atom is 0.416 e. The van der Waals surface area contributed by atoms with E-state index >= 15 is 0 Å². The van der Waals surface area contributed by atoms with E-state index in [2.05, 4.69) is 0 Å². The zero-order chi connectivity index (χ0) is 14.8. The van der Waals surface area contributed by atoms with Gasteiger partial charge in [0.2, 0.25) is 0 Å². The number of carbonyl (C=O) groups is 1. The van der Waals surface area contributed by atoms with Crippen molar-refractivity contribution >= 4 is 5.97 Å². The molecule has 7 heteroatoms. The van der Waals surface area contributed by atoms with E-state index in [1.165, 1.54) is 24.5 Å². The number of benzene rings is 1. The zero-order valence-corrected chi connectivity index (χ0v) is 9.98. The summed E-state index contributed by atoms with van der Waals surface area (Å²) in [6.45, 7) is -0.268. The van der Waals surface area contributed by atoms with Crippen LogP contribution in [-0.4, -0.2) is 11.1 Å². The molecule has 2 rings (SSSR count). The number of hydrogen-bond donors (Lipinski definition) is 1. The van der Waals surface area contributed by atoms with Gasteiger partial charge in [0.15, 0.2) is 5.76 Å². The van der Waals surface area contributed by atoms with Crippen molar-refractivity contribution in [3.05, 3.63) is 53.5 Å². The molecule has 1 heterocycles. The first kappa shape index (κ1) is 14.0. The van der Waals surface area contributed by atoms with Crippen molar-refractivity contribution in [1.29, 1.82) is 0 Å². The lowest BCUT2D eigenvalue weighted by Gasteiger charge is -2.09. The van der Waals surface area contributed by atoms with E-state index in [9.17, 15) is 18.0 Å². The number of alkyl halides is 3. The number of halogens is 3. The first-order chi connectivity index (χ1) is 9.38. The van der Waals surface area contributed by atoms with Gasteiger partial charge < -0.3 is 14.3 Å². The van der Waals surface area contributed by atoms with Gasteiger partial charge in [-0.05, 0) is 24.3 Å². The number of furan rings is 1. The average molecular weight is 286 g/mol. The molecule has 0 aliphatic rings. The van der Waals surface area contributed by atoms with Crippen molar-refractivity contribution in [2.45, 2.75) is 12.8 Å². The fourth-order valence-electron chi connectivity index (χ4n) is 1.55. The summed E-state index contributed by atoms with van der Waals surface area (Å²) in [6, 6.07) is 5.55. The highest BCUT2D eigenvalue weighted by Crippen LogP contribution is 2.31. The highest BCUT2D eigenvalue weighted by molar-refractivity contribution is 5.88. The lowest BCUT2D eigenvalue weighted by molar-refractivity contribution is -0.137. The van der Waals surface area contributed by atoms with Crippen molar-refractivity contribution in [3.63, 3.8) is 0 Å². The molecule has 0 bridgehead atoms. The van der Waals surface area contributed by atoms with Crippen LogP contribution in [0.3, 0.4) is 0 Å². The Bertz CT molecular complexity index is 616. The van der Waals surface area contributed by atoms with Crippen molar-refractivity contribution in [2.24, 2.45) is 0 Å². The Morgan fingerprint density at radius 2 is 2.05 bits per heavy atom. The molecule has 20 heavy (non-hydrogen) atoms. The summed E-state index contributed by atoms with van der Waals surface area (Å²) in [5.74, 6) is -1.18. The van der Waals surface area contributed by atoms with Crippen LogP contribution >= 0.6 is 0 Å². The molecule has 0 fully saturated rings. The second-order valence-electron chi connectivity index (χ2n) is 3.88. The fraction of sp³-hybridized carbons (Fsp3) is 0.154. The van der Waals surface area contributed by atoms with Crippen LogP contribution in [-0.2, 0) is 12.8 Å². The second-order valence-corrected chi connectivity index (χ2v) is 3.88. The highest BCUT2D eigenvalue weighted by Gasteiger charge is 2.30. The molecule has 0 saturated carbocycles. The van der Waals surface area contributed by atoms with Crippen LogP contribution in [0.1, 0.15) is 21.7 Å². The number of carboxylic acids is 1. The van der Waals surface area contributed by atoms with Crippen LogP contribution in [0, 0.1) is 0 Å². The lowest BCUT2D eigenvalue weighted by atomic mass is 10.2. The molecule has 2 aromatic rings. The van der Waals surface area contributed by atoms with Gasteiger partial charge in [-0.2, -0.15) is 13.2 Å². The third-order valence-corrected chi connectivity index (χ3v) is 2.51. The average Bonchev–Trinajstić information content (AvgIpc) is 2.84. The maximum absolute atomic E-state index is 12.5. The van der Waals surface area contributed by atoms with Crippen molar-refractivity contribution < 1.29 is 32.2 Å². The number of hydrogen-bond acceptors (Lipinski definition) is 3. The lowest BCUT2D eigenvalue weighted by Crippen LogP contribution is -2.06. The Balaban J connectivity index is 2.11. The number of aromatic carboxylic acids is 1. The normalized spacial score (nSPS) is 11.3. The molecular formula is C13H9F3O4. The molecule has 1 aromatic heterocycles. The van der Waals surface area contributed by atoms with Gasteiger partial charge in [-0.25, -0.2) is 4.79 Å². The molecular weight excluding hydrogens is 277 g/mol. The largest absolute Gasteiger partial charge is 0.486 e. The summed E-state index contributed by atoms with van der Waals surface area (Å²) in [4.78, 5) is 10.8. The summed E-state index contributed by atoms with van der Waals surface area (Å²) in [6.07, 6.45) is -3.29. The molecule has 0 spiro atoms. The monoisotopic (exact) mass is 286 g/mol. The van der Waals surface area contributed by atoms with Gasteiger partial charge in [0.1, 0.15) is 17.9 Å². The summed E-state index contributed by atoms with van der Waals surface area (Å²) >= 11 is 0. The van der Waals surface area contributed by atoms with Gasteiger partial charge in [0.05, 0.1) is 11.8 Å². The molecule has 4 nitrogen and oxygen atoms in total. The minimum atomic E-state index is -4.46. The van der Waals surface area contributed by atoms with Crippen LogP contribution in [0.5, 0.6) is 5.75 Å². The molecule has 106 valence electrons. The first-order valence-electron chi connectivity index (χ1n) is 5.47. The van der Waals surface area contributed by atoms with Gasteiger partial charge >= 0.3 is 12.1 Å². The Labute approximate surface area is 111 Å². The predicted molar refractivity (Wildman–Crippen MR) is 61.4 cm³/mol. The predicted octanol–water partition coefficient (Wildman–Crippen LogP) is 3.58. The van der Waals surface area contributed by atoms with Gasteiger partial charge in [-0.1, -0.05) is 6.07 Å². The maximum atomic E-state index is 12.5. The van der Waals surface area contributed by atoms with Crippen molar-refractivity contribution in [3.8, 4) is 5.75 Å². The third-order valence-electron chi connectivity index (χ3n) is 2.51. The Morgan fingerprint density at radius 3 is 2.70 bits per heavy atom. The molecule has 0 atom stereocenters. The third kappa shape index (κ3) is 3.11. The molecule has 0 radical (unpaired) electrons. The van der Waals surface area contributed by atoms with Crippen LogP contribution in [0.25, 0.3) is 0 Å². The zero-order valence-electron chi connectivity index (χ0n) is 9.98. The quantitative estimate of drug-likeness (QED) is 0.933. The fourth-order valence-corrected chi connectivity index (χ4v) is 1.55. The van der Waals surface area contributed by atoms with Crippen molar-refractivity contribution in [1.82, 2.24) is 0 Å². The Morgan fingerprint density at radius 1 is 1.30 bits per heavy atom. The van der Waals surface area contributed by atoms with E-state index in [4.69, 9.17) is 14.3 Å². The SMILES string of the molecule is O=C(O)c1ccoc1COc1cccc(C(F)(F)F)c1. The van der Waals surface area contributed by atoms with E-state index in [-0.39, 0.29) is 23.7 Å². The second kappa shape index (κ2) is 5.28. The Kier molecular flexibility index (Phi) is 3.69. The van der Waals surface area contributed by atoms with Crippen LogP contribution in [0.2, 0.25) is 0 Å². The number of carboxylic acid groups (broad SMARTS) is 1. The van der Waals surface area contributed by atoms with E-state index in [1.807, 2.05) is 0 Å². The molecule has 0 aliphatic carbocycles.